The third kappa shape index (κ3) is 4.54. The second kappa shape index (κ2) is 8.52. The van der Waals surface area contributed by atoms with Crippen molar-refractivity contribution in [2.75, 3.05) is 0 Å². The van der Waals surface area contributed by atoms with E-state index >= 15 is 0 Å². The molecule has 0 saturated heterocycles. The summed E-state index contributed by atoms with van der Waals surface area (Å²) in [5.41, 5.74) is 0.715. The zero-order chi connectivity index (χ0) is 19.2. The topological polar surface area (TPSA) is 81.8 Å². The fraction of sp³-hybridized carbons (Fsp3) is 0.250. The smallest absolute Gasteiger partial charge is 0.256 e. The van der Waals surface area contributed by atoms with Gasteiger partial charge in [0.2, 0.25) is 0 Å². The van der Waals surface area contributed by atoms with Gasteiger partial charge in [0.1, 0.15) is 17.6 Å². The van der Waals surface area contributed by atoms with Gasteiger partial charge >= 0.3 is 0 Å². The first kappa shape index (κ1) is 18.7. The first-order valence-electron chi connectivity index (χ1n) is 8.58. The van der Waals surface area contributed by atoms with Crippen LogP contribution in [0.25, 0.3) is 10.8 Å². The molecule has 0 unspecified atom stereocenters. The summed E-state index contributed by atoms with van der Waals surface area (Å²) >= 11 is 0. The fourth-order valence-corrected chi connectivity index (χ4v) is 2.73. The second-order valence-electron chi connectivity index (χ2n) is 6.25. The number of nitrogens with zero attached hydrogens (tertiary/aromatic N) is 3. The van der Waals surface area contributed by atoms with E-state index in [1.807, 2.05) is 6.07 Å². The highest BCUT2D eigenvalue weighted by atomic mass is 19.1. The van der Waals surface area contributed by atoms with E-state index in [-0.39, 0.29) is 11.5 Å². The van der Waals surface area contributed by atoms with E-state index in [9.17, 15) is 8.78 Å². The standard InChI is InChI=1S/C14H15FN2.C6H3FN2O/c15-14-5-4-10-8-16-7-6-12(10)13(14)9-17-11-2-1-3-11;7-6-5(10)2-1-4(3-8)9-6/h4-8,11,17H,1-3,9H2;1-2,10H. The zero-order valence-electron chi connectivity index (χ0n) is 14.5. The molecule has 4 rings (SSSR count). The first-order valence-corrected chi connectivity index (χ1v) is 8.58. The summed E-state index contributed by atoms with van der Waals surface area (Å²) in [7, 11) is 0. The summed E-state index contributed by atoms with van der Waals surface area (Å²) in [6, 6.07) is 9.72. The highest BCUT2D eigenvalue weighted by Gasteiger charge is 2.17. The molecule has 0 spiro atoms. The van der Waals surface area contributed by atoms with Crippen molar-refractivity contribution in [2.45, 2.75) is 31.8 Å². The van der Waals surface area contributed by atoms with E-state index in [0.29, 0.717) is 12.6 Å². The van der Waals surface area contributed by atoms with Crippen molar-refractivity contribution >= 4 is 10.8 Å². The van der Waals surface area contributed by atoms with Gasteiger partial charge in [-0.1, -0.05) is 6.42 Å². The third-order valence-corrected chi connectivity index (χ3v) is 4.49. The van der Waals surface area contributed by atoms with E-state index in [1.165, 1.54) is 31.4 Å². The molecule has 138 valence electrons. The molecule has 3 aromatic rings. The highest BCUT2D eigenvalue weighted by Crippen LogP contribution is 2.23. The van der Waals surface area contributed by atoms with Crippen LogP contribution in [0.15, 0.2) is 42.7 Å². The highest BCUT2D eigenvalue weighted by molar-refractivity contribution is 5.84. The minimum atomic E-state index is -1.01. The molecule has 0 amide bonds. The van der Waals surface area contributed by atoms with Crippen molar-refractivity contribution in [1.82, 2.24) is 15.3 Å². The van der Waals surface area contributed by atoms with Gasteiger partial charge in [0.05, 0.1) is 0 Å². The Hall–Kier alpha value is -3.11. The number of aromatic nitrogens is 2. The Morgan fingerprint density at radius 3 is 2.67 bits per heavy atom. The van der Waals surface area contributed by atoms with E-state index in [1.54, 1.807) is 24.5 Å². The predicted octanol–water partition coefficient (Wildman–Crippen LogP) is 3.81. The van der Waals surface area contributed by atoms with Crippen LogP contribution in [0.3, 0.4) is 0 Å². The molecule has 7 heteroatoms. The van der Waals surface area contributed by atoms with Crippen molar-refractivity contribution in [3.63, 3.8) is 0 Å². The number of hydrogen-bond acceptors (Lipinski definition) is 5. The third-order valence-electron chi connectivity index (χ3n) is 4.49. The van der Waals surface area contributed by atoms with Crippen LogP contribution in [0.2, 0.25) is 0 Å². The Bertz CT molecular complexity index is 983. The van der Waals surface area contributed by atoms with Gasteiger partial charge in [-0.2, -0.15) is 9.65 Å². The number of aromatic hydroxyl groups is 1. The normalized spacial score (nSPS) is 13.4. The quantitative estimate of drug-likeness (QED) is 0.687. The monoisotopic (exact) mass is 368 g/mol. The van der Waals surface area contributed by atoms with E-state index in [4.69, 9.17) is 10.4 Å². The Kier molecular flexibility index (Phi) is 5.89. The number of benzene rings is 1. The Labute approximate surface area is 155 Å². The van der Waals surface area contributed by atoms with Crippen LogP contribution in [-0.2, 0) is 6.54 Å². The maximum Gasteiger partial charge on any atom is 0.256 e. The molecule has 0 radical (unpaired) electrons. The molecule has 2 N–H and O–H groups in total. The van der Waals surface area contributed by atoms with Crippen LogP contribution in [0.1, 0.15) is 30.5 Å². The summed E-state index contributed by atoms with van der Waals surface area (Å²) in [6.07, 6.45) is 7.22. The summed E-state index contributed by atoms with van der Waals surface area (Å²) in [4.78, 5) is 7.18. The van der Waals surface area contributed by atoms with Crippen molar-refractivity contribution < 1.29 is 13.9 Å². The fourth-order valence-electron chi connectivity index (χ4n) is 2.73. The molecule has 1 aliphatic rings. The van der Waals surface area contributed by atoms with Crippen LogP contribution in [0, 0.1) is 23.1 Å². The Morgan fingerprint density at radius 1 is 1.19 bits per heavy atom. The van der Waals surface area contributed by atoms with Gasteiger partial charge < -0.3 is 10.4 Å². The molecule has 27 heavy (non-hydrogen) atoms. The molecule has 1 fully saturated rings. The molecule has 1 saturated carbocycles. The molecule has 0 aliphatic heterocycles. The van der Waals surface area contributed by atoms with Gasteiger partial charge in [-0.05, 0) is 48.6 Å². The lowest BCUT2D eigenvalue weighted by Gasteiger charge is -2.26. The average molecular weight is 368 g/mol. The number of nitriles is 1. The van der Waals surface area contributed by atoms with Crippen LogP contribution < -0.4 is 5.32 Å². The predicted molar refractivity (Wildman–Crippen MR) is 96.8 cm³/mol. The number of fused-ring (bicyclic) bond motifs is 1. The molecule has 0 bridgehead atoms. The SMILES string of the molecule is Fc1ccc2cnccc2c1CNC1CCC1.N#Cc1ccc(O)c(F)n1. The maximum absolute atomic E-state index is 13.8. The van der Waals surface area contributed by atoms with Crippen LogP contribution >= 0.6 is 0 Å². The summed E-state index contributed by atoms with van der Waals surface area (Å²) in [5.74, 6) is -1.69. The van der Waals surface area contributed by atoms with E-state index in [2.05, 4.69) is 15.3 Å². The minimum absolute atomic E-state index is 0.0460. The lowest BCUT2D eigenvalue weighted by molar-refractivity contribution is 0.337. The largest absolute Gasteiger partial charge is 0.504 e. The lowest BCUT2D eigenvalue weighted by Crippen LogP contribution is -2.34. The van der Waals surface area contributed by atoms with Gasteiger partial charge in [0.25, 0.3) is 5.95 Å². The van der Waals surface area contributed by atoms with Gasteiger partial charge in [0, 0.05) is 35.9 Å². The molecule has 1 aromatic carbocycles. The molecule has 0 atom stereocenters. The van der Waals surface area contributed by atoms with Crippen LogP contribution in [0.4, 0.5) is 8.78 Å². The molecule has 1 aliphatic carbocycles. The Morgan fingerprint density at radius 2 is 2.00 bits per heavy atom. The molecular weight excluding hydrogens is 350 g/mol. The van der Waals surface area contributed by atoms with Crippen molar-refractivity contribution in [3.05, 3.63) is 65.7 Å². The van der Waals surface area contributed by atoms with E-state index in [0.717, 1.165) is 22.4 Å². The number of hydrogen-bond donors (Lipinski definition) is 2. The zero-order valence-corrected chi connectivity index (χ0v) is 14.5. The van der Waals surface area contributed by atoms with Crippen molar-refractivity contribution in [1.29, 1.82) is 5.26 Å². The van der Waals surface area contributed by atoms with Crippen molar-refractivity contribution in [3.8, 4) is 11.8 Å². The number of pyridine rings is 2. The van der Waals surface area contributed by atoms with Crippen molar-refractivity contribution in [2.24, 2.45) is 0 Å². The van der Waals surface area contributed by atoms with Gasteiger partial charge in [-0.3, -0.25) is 4.98 Å². The molecule has 2 heterocycles. The summed E-state index contributed by atoms with van der Waals surface area (Å²) < 4.78 is 26.1. The summed E-state index contributed by atoms with van der Waals surface area (Å²) in [6.45, 7) is 0.609. The average Bonchev–Trinajstić information content (AvgIpc) is 2.65. The van der Waals surface area contributed by atoms with Gasteiger partial charge in [0.15, 0.2) is 5.75 Å². The molecular formula is C20H18F2N4O. The molecule has 5 nitrogen and oxygen atoms in total. The van der Waals surface area contributed by atoms with Crippen LogP contribution in [-0.4, -0.2) is 21.1 Å². The minimum Gasteiger partial charge on any atom is -0.504 e. The Balaban J connectivity index is 0.000000180. The van der Waals surface area contributed by atoms with Gasteiger partial charge in [-0.25, -0.2) is 9.37 Å². The number of rotatable bonds is 3. The maximum atomic E-state index is 13.8. The molecule has 2 aromatic heterocycles. The first-order chi connectivity index (χ1) is 13.1. The summed E-state index contributed by atoms with van der Waals surface area (Å²) in [5, 5.41) is 22.2. The second-order valence-corrected chi connectivity index (χ2v) is 6.25. The lowest BCUT2D eigenvalue weighted by atomic mass is 9.93. The number of nitrogens with one attached hydrogen (secondary N) is 1. The van der Waals surface area contributed by atoms with E-state index < -0.39 is 11.7 Å². The van der Waals surface area contributed by atoms with Crippen LogP contribution in [0.5, 0.6) is 5.75 Å². The van der Waals surface area contributed by atoms with Gasteiger partial charge in [-0.15, -0.1) is 0 Å². The number of halogens is 2.